The summed E-state index contributed by atoms with van der Waals surface area (Å²) < 4.78 is 5.66. The Balaban J connectivity index is 1.94. The number of nitrogens with one attached hydrogen (secondary N) is 1. The summed E-state index contributed by atoms with van der Waals surface area (Å²) >= 11 is 0. The lowest BCUT2D eigenvalue weighted by Gasteiger charge is -2.23. The smallest absolute Gasteiger partial charge is 0.322 e. The summed E-state index contributed by atoms with van der Waals surface area (Å²) in [6.07, 6.45) is 4.21. The van der Waals surface area contributed by atoms with E-state index in [1.165, 1.54) is 0 Å². The zero-order valence-electron chi connectivity index (χ0n) is 15.9. The SMILES string of the molecule is CCCCOc1ccc(NC(=O)N(CCCC)Cc2ccccc2)cc1. The lowest BCUT2D eigenvalue weighted by molar-refractivity contribution is 0.208. The van der Waals surface area contributed by atoms with Crippen LogP contribution in [0.4, 0.5) is 10.5 Å². The summed E-state index contributed by atoms with van der Waals surface area (Å²) in [5, 5.41) is 3.00. The van der Waals surface area contributed by atoms with Crippen molar-refractivity contribution in [1.82, 2.24) is 4.90 Å². The van der Waals surface area contributed by atoms with Gasteiger partial charge in [0.25, 0.3) is 0 Å². The number of benzene rings is 2. The van der Waals surface area contributed by atoms with E-state index in [0.29, 0.717) is 6.54 Å². The Morgan fingerprint density at radius 2 is 1.65 bits per heavy atom. The van der Waals surface area contributed by atoms with E-state index in [-0.39, 0.29) is 6.03 Å². The number of amides is 2. The first-order chi connectivity index (χ1) is 12.7. The maximum atomic E-state index is 12.7. The molecule has 0 bridgehead atoms. The number of rotatable bonds is 10. The first kappa shape index (κ1) is 19.8. The van der Waals surface area contributed by atoms with Crippen LogP contribution in [0.15, 0.2) is 54.6 Å². The monoisotopic (exact) mass is 354 g/mol. The number of urea groups is 1. The van der Waals surface area contributed by atoms with Crippen molar-refractivity contribution in [3.63, 3.8) is 0 Å². The average molecular weight is 354 g/mol. The number of anilines is 1. The van der Waals surface area contributed by atoms with Gasteiger partial charge in [0.15, 0.2) is 0 Å². The van der Waals surface area contributed by atoms with E-state index < -0.39 is 0 Å². The molecule has 0 aliphatic rings. The van der Waals surface area contributed by atoms with Crippen LogP contribution < -0.4 is 10.1 Å². The Labute approximate surface area is 157 Å². The fourth-order valence-corrected chi connectivity index (χ4v) is 2.58. The molecule has 0 atom stereocenters. The summed E-state index contributed by atoms with van der Waals surface area (Å²) in [5.74, 6) is 0.837. The van der Waals surface area contributed by atoms with Crippen molar-refractivity contribution in [2.24, 2.45) is 0 Å². The normalized spacial score (nSPS) is 10.4. The first-order valence-corrected chi connectivity index (χ1v) is 9.55. The van der Waals surface area contributed by atoms with E-state index in [1.807, 2.05) is 47.4 Å². The molecule has 0 aromatic heterocycles. The second kappa shape index (κ2) is 11.2. The first-order valence-electron chi connectivity index (χ1n) is 9.55. The maximum absolute atomic E-state index is 12.7. The lowest BCUT2D eigenvalue weighted by atomic mass is 10.2. The van der Waals surface area contributed by atoms with Crippen LogP contribution >= 0.6 is 0 Å². The Hall–Kier alpha value is -2.49. The molecule has 0 aliphatic carbocycles. The van der Waals surface area contributed by atoms with Gasteiger partial charge < -0.3 is 15.0 Å². The highest BCUT2D eigenvalue weighted by Gasteiger charge is 2.13. The summed E-state index contributed by atoms with van der Waals surface area (Å²) in [6.45, 7) is 6.36. The Bertz CT molecular complexity index is 641. The van der Waals surface area contributed by atoms with Gasteiger partial charge in [0, 0.05) is 18.8 Å². The van der Waals surface area contributed by atoms with Gasteiger partial charge in [-0.15, -0.1) is 0 Å². The molecule has 2 amide bonds. The summed E-state index contributed by atoms with van der Waals surface area (Å²) in [5.41, 5.74) is 1.92. The molecule has 0 spiro atoms. The van der Waals surface area contributed by atoms with Crippen LogP contribution in [0.25, 0.3) is 0 Å². The molecule has 4 nitrogen and oxygen atoms in total. The van der Waals surface area contributed by atoms with E-state index >= 15 is 0 Å². The molecule has 0 unspecified atom stereocenters. The fraction of sp³-hybridized carbons (Fsp3) is 0.409. The summed E-state index contributed by atoms with van der Waals surface area (Å²) in [6, 6.07) is 17.6. The van der Waals surface area contributed by atoms with Crippen molar-refractivity contribution >= 4 is 11.7 Å². The molecule has 0 radical (unpaired) electrons. The van der Waals surface area contributed by atoms with Crippen LogP contribution in [0.2, 0.25) is 0 Å². The Kier molecular flexibility index (Phi) is 8.53. The Morgan fingerprint density at radius 1 is 0.962 bits per heavy atom. The predicted octanol–water partition coefficient (Wildman–Crippen LogP) is 5.70. The van der Waals surface area contributed by atoms with Gasteiger partial charge in [-0.2, -0.15) is 0 Å². The molecular formula is C22H30N2O2. The third kappa shape index (κ3) is 6.79. The number of nitrogens with zero attached hydrogens (tertiary/aromatic N) is 1. The molecule has 26 heavy (non-hydrogen) atoms. The molecule has 0 fully saturated rings. The third-order valence-electron chi connectivity index (χ3n) is 4.16. The van der Waals surface area contributed by atoms with Crippen molar-refractivity contribution < 1.29 is 9.53 Å². The van der Waals surface area contributed by atoms with Gasteiger partial charge in [-0.1, -0.05) is 57.0 Å². The zero-order chi connectivity index (χ0) is 18.6. The largest absolute Gasteiger partial charge is 0.494 e. The van der Waals surface area contributed by atoms with Gasteiger partial charge in [-0.05, 0) is 42.7 Å². The molecule has 0 saturated carbocycles. The molecule has 0 heterocycles. The van der Waals surface area contributed by atoms with Gasteiger partial charge in [-0.25, -0.2) is 4.79 Å². The zero-order valence-corrected chi connectivity index (χ0v) is 15.9. The molecule has 2 rings (SSSR count). The Morgan fingerprint density at radius 3 is 2.31 bits per heavy atom. The molecule has 4 heteroatoms. The predicted molar refractivity (Wildman–Crippen MR) is 108 cm³/mol. The van der Waals surface area contributed by atoms with E-state index in [4.69, 9.17) is 4.74 Å². The number of carbonyl (C=O) groups is 1. The number of carbonyl (C=O) groups excluding carboxylic acids is 1. The van der Waals surface area contributed by atoms with Crippen LogP contribution in [0.1, 0.15) is 45.1 Å². The minimum atomic E-state index is -0.0676. The highest BCUT2D eigenvalue weighted by Crippen LogP contribution is 2.17. The fourth-order valence-electron chi connectivity index (χ4n) is 2.58. The van der Waals surface area contributed by atoms with Gasteiger partial charge >= 0.3 is 6.03 Å². The molecule has 0 aliphatic heterocycles. The van der Waals surface area contributed by atoms with Crippen LogP contribution in [0, 0.1) is 0 Å². The minimum absolute atomic E-state index is 0.0676. The average Bonchev–Trinajstić information content (AvgIpc) is 2.67. The van der Waals surface area contributed by atoms with Crippen LogP contribution in [0.5, 0.6) is 5.75 Å². The van der Waals surface area contributed by atoms with Crippen molar-refractivity contribution in [2.45, 2.75) is 46.1 Å². The molecular weight excluding hydrogens is 324 g/mol. The van der Waals surface area contributed by atoms with Gasteiger partial charge in [-0.3, -0.25) is 0 Å². The number of unbranched alkanes of at least 4 members (excludes halogenated alkanes) is 2. The van der Waals surface area contributed by atoms with Gasteiger partial charge in [0.05, 0.1) is 6.61 Å². The second-order valence-corrected chi connectivity index (χ2v) is 6.42. The molecule has 0 saturated heterocycles. The van der Waals surface area contributed by atoms with Crippen LogP contribution in [-0.4, -0.2) is 24.1 Å². The highest BCUT2D eigenvalue weighted by molar-refractivity contribution is 5.89. The quantitative estimate of drug-likeness (QED) is 0.556. The van der Waals surface area contributed by atoms with E-state index in [0.717, 1.165) is 55.8 Å². The highest BCUT2D eigenvalue weighted by atomic mass is 16.5. The van der Waals surface area contributed by atoms with Crippen molar-refractivity contribution in [3.8, 4) is 5.75 Å². The van der Waals surface area contributed by atoms with E-state index in [1.54, 1.807) is 0 Å². The number of ether oxygens (including phenoxy) is 1. The summed E-state index contributed by atoms with van der Waals surface area (Å²) in [7, 11) is 0. The molecule has 140 valence electrons. The van der Waals surface area contributed by atoms with Crippen molar-refractivity contribution in [3.05, 3.63) is 60.2 Å². The maximum Gasteiger partial charge on any atom is 0.322 e. The number of hydrogen-bond acceptors (Lipinski definition) is 2. The number of hydrogen-bond donors (Lipinski definition) is 1. The van der Waals surface area contributed by atoms with Gasteiger partial charge in [0.1, 0.15) is 5.75 Å². The molecule has 1 N–H and O–H groups in total. The van der Waals surface area contributed by atoms with Gasteiger partial charge in [0.2, 0.25) is 0 Å². The summed E-state index contributed by atoms with van der Waals surface area (Å²) in [4.78, 5) is 14.6. The van der Waals surface area contributed by atoms with Crippen molar-refractivity contribution in [2.75, 3.05) is 18.5 Å². The second-order valence-electron chi connectivity index (χ2n) is 6.42. The molecule has 2 aromatic rings. The third-order valence-corrected chi connectivity index (χ3v) is 4.16. The standard InChI is InChI=1S/C22H30N2O2/c1-3-5-16-24(18-19-10-8-7-9-11-19)22(25)23-20-12-14-21(15-13-20)26-17-6-4-2/h7-15H,3-6,16-18H2,1-2H3,(H,23,25). The topological polar surface area (TPSA) is 41.6 Å². The molecule has 2 aromatic carbocycles. The lowest BCUT2D eigenvalue weighted by Crippen LogP contribution is -2.35. The van der Waals surface area contributed by atoms with E-state index in [2.05, 4.69) is 31.3 Å². The van der Waals surface area contributed by atoms with Crippen LogP contribution in [0.3, 0.4) is 0 Å². The van der Waals surface area contributed by atoms with E-state index in [9.17, 15) is 4.79 Å². The minimum Gasteiger partial charge on any atom is -0.494 e. The van der Waals surface area contributed by atoms with Crippen LogP contribution in [-0.2, 0) is 6.54 Å². The van der Waals surface area contributed by atoms with Crippen molar-refractivity contribution in [1.29, 1.82) is 0 Å².